The minimum absolute atomic E-state index is 0.00928. The Labute approximate surface area is 275 Å². The normalized spacial score (nSPS) is 39.5. The van der Waals surface area contributed by atoms with Crippen molar-refractivity contribution in [3.05, 3.63) is 11.6 Å². The minimum Gasteiger partial charge on any atom is -0.458 e. The van der Waals surface area contributed by atoms with Crippen molar-refractivity contribution in [2.75, 3.05) is 19.8 Å². The Hall–Kier alpha value is -2.83. The lowest BCUT2D eigenvalue weighted by Crippen LogP contribution is -2.67. The first-order chi connectivity index (χ1) is 22.4. The smallest absolute Gasteiger partial charge is 0.333 e. The van der Waals surface area contributed by atoms with Gasteiger partial charge in [-0.15, -0.1) is 5.06 Å². The maximum absolute atomic E-state index is 12.5. The maximum Gasteiger partial charge on any atom is 0.333 e. The van der Waals surface area contributed by atoms with Crippen LogP contribution in [0.2, 0.25) is 0 Å². The number of rotatable bonds is 11. The summed E-state index contributed by atoms with van der Waals surface area (Å²) in [7, 11) is 0. The summed E-state index contributed by atoms with van der Waals surface area (Å²) in [6, 6.07) is 0. The fourth-order valence-electron chi connectivity index (χ4n) is 10.4. The van der Waals surface area contributed by atoms with Crippen molar-refractivity contribution in [3.8, 4) is 0 Å². The monoisotopic (exact) mass is 658 g/mol. The predicted octanol–water partition coefficient (Wildman–Crippen LogP) is 2.88. The number of unbranched alkanes of at least 4 members (excludes halogenated alkanes) is 2. The highest BCUT2D eigenvalue weighted by molar-refractivity contribution is 6.01. The zero-order chi connectivity index (χ0) is 33.6. The quantitative estimate of drug-likeness (QED) is 0.171. The molecular formula is C35H50N2O10. The number of nitrogens with one attached hydrogen (secondary N) is 1. The fraction of sp³-hybridized carbons (Fsp3) is 0.800. The van der Waals surface area contributed by atoms with Gasteiger partial charge in [0.2, 0.25) is 5.91 Å². The number of aliphatic hydroxyl groups is 2. The van der Waals surface area contributed by atoms with E-state index in [0.717, 1.165) is 44.1 Å². The number of hydrogen-bond acceptors (Lipinski definition) is 10. The average Bonchev–Trinajstić information content (AvgIpc) is 3.69. The third kappa shape index (κ3) is 6.14. The number of fused-ring (bicyclic) bond motifs is 5. The molecule has 6 aliphatic rings. The standard InChI is InChI=1S/C35H50N2O10/c1-33-13-11-23(45-20-28(39)36-15-5-3-4-6-31(42)47-37-29(40)9-10-30(37)41)17-22(33)7-8-25-26(33)18-27(38)34(2)24(12-14-35(25,34)44)21-16-32(43)46-19-21/h16,22-27,38,44H,3-15,17-20H2,1-2H3,(H,36,39)/t22-,23+,24-,25-,26-,27-,33+,34+,35+/m1/s1. The first kappa shape index (κ1) is 34.0. The Kier molecular flexibility index (Phi) is 9.59. The summed E-state index contributed by atoms with van der Waals surface area (Å²) >= 11 is 0. The van der Waals surface area contributed by atoms with Crippen LogP contribution >= 0.6 is 0 Å². The van der Waals surface area contributed by atoms with Gasteiger partial charge in [-0.05, 0) is 98.9 Å². The van der Waals surface area contributed by atoms with Gasteiger partial charge in [-0.25, -0.2) is 9.59 Å². The number of nitrogens with zero attached hydrogens (tertiary/aromatic N) is 1. The molecule has 4 saturated carbocycles. The van der Waals surface area contributed by atoms with Crippen LogP contribution in [0.5, 0.6) is 0 Å². The molecule has 5 fully saturated rings. The zero-order valence-corrected chi connectivity index (χ0v) is 27.7. The molecule has 3 N–H and O–H groups in total. The molecule has 2 aliphatic heterocycles. The molecule has 0 spiro atoms. The van der Waals surface area contributed by atoms with Gasteiger partial charge in [0.1, 0.15) is 13.2 Å². The van der Waals surface area contributed by atoms with Gasteiger partial charge in [-0.3, -0.25) is 14.4 Å². The molecule has 0 radical (unpaired) electrons. The van der Waals surface area contributed by atoms with Crippen LogP contribution in [-0.2, 0) is 38.3 Å². The Morgan fingerprint density at radius 3 is 2.49 bits per heavy atom. The maximum atomic E-state index is 12.5. The lowest BCUT2D eigenvalue weighted by atomic mass is 9.42. The predicted molar refractivity (Wildman–Crippen MR) is 166 cm³/mol. The van der Waals surface area contributed by atoms with Gasteiger partial charge in [0, 0.05) is 37.3 Å². The number of carbonyl (C=O) groups is 5. The Morgan fingerprint density at radius 1 is 1.00 bits per heavy atom. The van der Waals surface area contributed by atoms with Crippen LogP contribution in [0.15, 0.2) is 11.6 Å². The van der Waals surface area contributed by atoms with E-state index in [1.54, 1.807) is 6.08 Å². The van der Waals surface area contributed by atoms with E-state index in [0.29, 0.717) is 49.6 Å². The van der Waals surface area contributed by atoms with Gasteiger partial charge in [0.05, 0.1) is 17.8 Å². The second-order valence-electron chi connectivity index (χ2n) is 15.3. The number of aliphatic hydroxyl groups excluding tert-OH is 1. The molecule has 260 valence electrons. The lowest BCUT2D eigenvalue weighted by molar-refractivity contribution is -0.245. The molecule has 2 heterocycles. The Balaban J connectivity index is 0.929. The first-order valence-electron chi connectivity index (χ1n) is 17.6. The van der Waals surface area contributed by atoms with Crippen molar-refractivity contribution in [1.29, 1.82) is 0 Å². The van der Waals surface area contributed by atoms with Crippen molar-refractivity contribution in [1.82, 2.24) is 10.4 Å². The molecule has 12 nitrogen and oxygen atoms in total. The van der Waals surface area contributed by atoms with E-state index < -0.39 is 34.9 Å². The third-order valence-corrected chi connectivity index (χ3v) is 13.1. The number of hydrogen-bond donors (Lipinski definition) is 3. The molecule has 0 aromatic carbocycles. The third-order valence-electron chi connectivity index (χ3n) is 13.1. The average molecular weight is 659 g/mol. The number of esters is 1. The highest BCUT2D eigenvalue weighted by Gasteiger charge is 2.70. The molecule has 6 rings (SSSR count). The van der Waals surface area contributed by atoms with E-state index >= 15 is 0 Å². The van der Waals surface area contributed by atoms with E-state index in [9.17, 15) is 34.2 Å². The second kappa shape index (κ2) is 13.2. The highest BCUT2D eigenvalue weighted by Crippen LogP contribution is 2.70. The summed E-state index contributed by atoms with van der Waals surface area (Å²) in [6.45, 7) is 5.06. The number of imide groups is 1. The molecule has 0 bridgehead atoms. The lowest BCUT2D eigenvalue weighted by Gasteiger charge is -2.65. The van der Waals surface area contributed by atoms with Crippen molar-refractivity contribution in [2.24, 2.45) is 34.5 Å². The van der Waals surface area contributed by atoms with Crippen LogP contribution in [0.25, 0.3) is 0 Å². The van der Waals surface area contributed by atoms with Gasteiger partial charge in [-0.2, -0.15) is 0 Å². The number of hydroxylamine groups is 2. The van der Waals surface area contributed by atoms with Crippen LogP contribution in [-0.4, -0.2) is 82.5 Å². The summed E-state index contributed by atoms with van der Waals surface area (Å²) in [4.78, 5) is 64.2. The first-order valence-corrected chi connectivity index (χ1v) is 17.6. The van der Waals surface area contributed by atoms with E-state index in [4.69, 9.17) is 14.3 Å². The molecule has 1 saturated heterocycles. The summed E-state index contributed by atoms with van der Waals surface area (Å²) in [5.74, 6) is -1.51. The Bertz CT molecular complexity index is 1300. The molecule has 3 amide bonds. The number of cyclic esters (lactones) is 1. The van der Waals surface area contributed by atoms with Gasteiger partial charge < -0.3 is 29.8 Å². The van der Waals surface area contributed by atoms with Crippen molar-refractivity contribution < 1.29 is 48.5 Å². The van der Waals surface area contributed by atoms with E-state index in [2.05, 4.69) is 12.2 Å². The zero-order valence-electron chi connectivity index (χ0n) is 27.7. The van der Waals surface area contributed by atoms with Gasteiger partial charge in [-0.1, -0.05) is 20.3 Å². The summed E-state index contributed by atoms with van der Waals surface area (Å²) in [5.41, 5.74) is -0.836. The van der Waals surface area contributed by atoms with Crippen LogP contribution in [0.1, 0.15) is 104 Å². The van der Waals surface area contributed by atoms with Gasteiger partial charge in [0.15, 0.2) is 0 Å². The number of ether oxygens (including phenoxy) is 2. The topological polar surface area (TPSA) is 169 Å². The molecule has 47 heavy (non-hydrogen) atoms. The van der Waals surface area contributed by atoms with Gasteiger partial charge >= 0.3 is 11.9 Å². The van der Waals surface area contributed by atoms with Gasteiger partial charge in [0.25, 0.3) is 11.8 Å². The second-order valence-corrected chi connectivity index (χ2v) is 15.3. The highest BCUT2D eigenvalue weighted by atomic mass is 16.7. The van der Waals surface area contributed by atoms with Crippen molar-refractivity contribution in [3.63, 3.8) is 0 Å². The number of carbonyl (C=O) groups excluding carboxylic acids is 5. The molecular weight excluding hydrogens is 608 g/mol. The molecule has 4 aliphatic carbocycles. The Morgan fingerprint density at radius 2 is 1.77 bits per heavy atom. The largest absolute Gasteiger partial charge is 0.458 e. The summed E-state index contributed by atoms with van der Waals surface area (Å²) < 4.78 is 11.3. The van der Waals surface area contributed by atoms with Crippen molar-refractivity contribution >= 4 is 29.7 Å². The molecule has 0 unspecified atom stereocenters. The molecule has 9 atom stereocenters. The fourth-order valence-corrected chi connectivity index (χ4v) is 10.4. The van der Waals surface area contributed by atoms with Crippen LogP contribution in [0.3, 0.4) is 0 Å². The SMILES string of the molecule is C[C@]12CC[C@H](OCC(=O)NCCCCCC(=O)ON3C(=O)CCC3=O)C[C@H]1CC[C@@H]1[C@H]2C[C@@H](O)[C@]2(C)[C@@H](C3=CC(=O)OC3)CC[C@]12O. The van der Waals surface area contributed by atoms with Crippen molar-refractivity contribution in [2.45, 2.75) is 122 Å². The van der Waals surface area contributed by atoms with E-state index in [-0.39, 0.29) is 73.6 Å². The molecule has 12 heteroatoms. The van der Waals surface area contributed by atoms with Crippen LogP contribution < -0.4 is 5.32 Å². The van der Waals surface area contributed by atoms with Crippen LogP contribution in [0.4, 0.5) is 0 Å². The molecule has 0 aromatic rings. The number of amides is 3. The minimum atomic E-state index is -0.996. The molecule has 0 aromatic heterocycles. The van der Waals surface area contributed by atoms with Crippen LogP contribution in [0, 0.1) is 34.5 Å². The van der Waals surface area contributed by atoms with E-state index in [1.807, 2.05) is 6.92 Å². The summed E-state index contributed by atoms with van der Waals surface area (Å²) in [6.07, 6.45) is 9.45. The van der Waals surface area contributed by atoms with E-state index in [1.165, 1.54) is 0 Å². The summed E-state index contributed by atoms with van der Waals surface area (Å²) in [5, 5.41) is 27.6.